The van der Waals surface area contributed by atoms with Crippen molar-refractivity contribution in [1.82, 2.24) is 5.32 Å². The van der Waals surface area contributed by atoms with Gasteiger partial charge in [0.1, 0.15) is 6.29 Å². The minimum atomic E-state index is -0.220. The van der Waals surface area contributed by atoms with Crippen LogP contribution in [0, 0.1) is 0 Å². The average molecular weight is 376 g/mol. The van der Waals surface area contributed by atoms with E-state index in [-0.39, 0.29) is 17.7 Å². The number of hydrogen-bond acceptors (Lipinski definition) is 4. The fourth-order valence-corrected chi connectivity index (χ4v) is 4.25. The zero-order chi connectivity index (χ0) is 19.5. The second kappa shape index (κ2) is 7.97. The van der Waals surface area contributed by atoms with E-state index in [1.807, 2.05) is 36.4 Å². The van der Waals surface area contributed by atoms with Gasteiger partial charge in [-0.25, -0.2) is 0 Å². The first-order chi connectivity index (χ1) is 13.6. The van der Waals surface area contributed by atoms with Gasteiger partial charge in [-0.2, -0.15) is 0 Å². The first-order valence-corrected chi connectivity index (χ1v) is 9.88. The smallest absolute Gasteiger partial charge is 0.234 e. The van der Waals surface area contributed by atoms with Crippen molar-refractivity contribution >= 4 is 23.8 Å². The van der Waals surface area contributed by atoms with E-state index in [0.29, 0.717) is 24.3 Å². The van der Waals surface area contributed by atoms with E-state index >= 15 is 0 Å². The van der Waals surface area contributed by atoms with Crippen LogP contribution in [-0.2, 0) is 9.59 Å². The molecule has 2 fully saturated rings. The number of carbonyl (C=O) groups is 3. The van der Waals surface area contributed by atoms with Gasteiger partial charge in [-0.1, -0.05) is 24.3 Å². The Kier molecular flexibility index (Phi) is 5.24. The summed E-state index contributed by atoms with van der Waals surface area (Å²) in [4.78, 5) is 36.5. The first kappa shape index (κ1) is 18.4. The van der Waals surface area contributed by atoms with Gasteiger partial charge >= 0.3 is 0 Å². The van der Waals surface area contributed by atoms with Gasteiger partial charge in [-0.3, -0.25) is 19.7 Å². The molecule has 2 saturated heterocycles. The van der Waals surface area contributed by atoms with Gasteiger partial charge in [0.05, 0.1) is 5.92 Å². The molecule has 0 bridgehead atoms. The number of imide groups is 1. The number of carbonyl (C=O) groups excluding carboxylic acids is 3. The highest BCUT2D eigenvalue weighted by atomic mass is 16.2. The quantitative estimate of drug-likeness (QED) is 0.656. The van der Waals surface area contributed by atoms with Gasteiger partial charge in [-0.15, -0.1) is 0 Å². The Morgan fingerprint density at radius 2 is 1.50 bits per heavy atom. The molecule has 2 aliphatic rings. The van der Waals surface area contributed by atoms with Gasteiger partial charge in [0.2, 0.25) is 11.8 Å². The second-order valence-corrected chi connectivity index (χ2v) is 7.64. The Balaban J connectivity index is 1.37. The van der Waals surface area contributed by atoms with Crippen LogP contribution < -0.4 is 10.2 Å². The Labute approximate surface area is 164 Å². The van der Waals surface area contributed by atoms with Crippen LogP contribution in [0.4, 0.5) is 5.69 Å². The maximum absolute atomic E-state index is 12.0. The molecule has 28 heavy (non-hydrogen) atoms. The highest BCUT2D eigenvalue weighted by Crippen LogP contribution is 2.32. The van der Waals surface area contributed by atoms with Gasteiger partial charge in [0.25, 0.3) is 0 Å². The fraction of sp³-hybridized carbons (Fsp3) is 0.348. The van der Waals surface area contributed by atoms with Crippen molar-refractivity contribution in [2.75, 3.05) is 18.0 Å². The van der Waals surface area contributed by atoms with Gasteiger partial charge in [0, 0.05) is 30.8 Å². The van der Waals surface area contributed by atoms with E-state index in [0.717, 1.165) is 43.5 Å². The Hall–Kier alpha value is -2.95. The van der Waals surface area contributed by atoms with Crippen LogP contribution in [0.5, 0.6) is 0 Å². The molecule has 0 spiro atoms. The lowest BCUT2D eigenvalue weighted by Crippen LogP contribution is -2.39. The first-order valence-electron chi connectivity index (χ1n) is 9.88. The third kappa shape index (κ3) is 3.84. The Morgan fingerprint density at radius 3 is 2.11 bits per heavy atom. The number of benzene rings is 2. The van der Waals surface area contributed by atoms with Crippen molar-refractivity contribution < 1.29 is 14.4 Å². The van der Waals surface area contributed by atoms with Crippen molar-refractivity contribution in [2.45, 2.75) is 37.5 Å². The van der Waals surface area contributed by atoms with Crippen LogP contribution in [0.1, 0.15) is 59.0 Å². The highest BCUT2D eigenvalue weighted by Gasteiger charge is 2.28. The molecule has 5 heteroatoms. The number of anilines is 1. The topological polar surface area (TPSA) is 66.5 Å². The standard InChI is InChI=1S/C23H24N2O3/c26-15-16-1-7-20(8-2-16)25-13-11-18(12-14-25)17-3-5-19(6-4-17)21-9-10-22(27)24-23(21)28/h1-8,15,18,21H,9-14H2,(H,24,27,28)/t21-/m0/s1. The normalized spacial score (nSPS) is 20.7. The molecule has 0 aromatic heterocycles. The molecule has 5 nitrogen and oxygen atoms in total. The zero-order valence-electron chi connectivity index (χ0n) is 15.8. The summed E-state index contributed by atoms with van der Waals surface area (Å²) in [5.41, 5.74) is 4.17. The number of piperidine rings is 2. The molecule has 0 radical (unpaired) electrons. The average Bonchev–Trinajstić information content (AvgIpc) is 2.74. The molecule has 2 aromatic carbocycles. The summed E-state index contributed by atoms with van der Waals surface area (Å²) in [5.74, 6) is -0.0624. The summed E-state index contributed by atoms with van der Waals surface area (Å²) in [7, 11) is 0. The maximum atomic E-state index is 12.0. The molecule has 144 valence electrons. The van der Waals surface area contributed by atoms with Crippen LogP contribution in [0.25, 0.3) is 0 Å². The molecule has 0 saturated carbocycles. The summed E-state index contributed by atoms with van der Waals surface area (Å²) in [6, 6.07) is 16.1. The van der Waals surface area contributed by atoms with E-state index < -0.39 is 0 Å². The molecule has 2 amide bonds. The third-order valence-electron chi connectivity index (χ3n) is 5.94. The van der Waals surface area contributed by atoms with Crippen LogP contribution in [-0.4, -0.2) is 31.2 Å². The monoisotopic (exact) mass is 376 g/mol. The summed E-state index contributed by atoms with van der Waals surface area (Å²) in [5, 5.41) is 2.43. The maximum Gasteiger partial charge on any atom is 0.234 e. The predicted octanol–water partition coefficient (Wildman–Crippen LogP) is 3.40. The third-order valence-corrected chi connectivity index (χ3v) is 5.94. The molecular weight excluding hydrogens is 352 g/mol. The van der Waals surface area contributed by atoms with Crippen molar-refractivity contribution in [2.24, 2.45) is 0 Å². The van der Waals surface area contributed by atoms with Crippen molar-refractivity contribution in [3.05, 3.63) is 65.2 Å². The van der Waals surface area contributed by atoms with E-state index in [1.165, 1.54) is 5.56 Å². The second-order valence-electron chi connectivity index (χ2n) is 7.64. The largest absolute Gasteiger partial charge is 0.371 e. The number of rotatable bonds is 4. The molecular formula is C23H24N2O3. The molecule has 0 aliphatic carbocycles. The van der Waals surface area contributed by atoms with E-state index in [4.69, 9.17) is 0 Å². The Morgan fingerprint density at radius 1 is 0.857 bits per heavy atom. The van der Waals surface area contributed by atoms with E-state index in [1.54, 1.807) is 0 Å². The number of nitrogens with one attached hydrogen (secondary N) is 1. The summed E-state index contributed by atoms with van der Waals surface area (Å²) >= 11 is 0. The van der Waals surface area contributed by atoms with Crippen molar-refractivity contribution in [1.29, 1.82) is 0 Å². The van der Waals surface area contributed by atoms with Crippen molar-refractivity contribution in [3.8, 4) is 0 Å². The lowest BCUT2D eigenvalue weighted by Gasteiger charge is -2.34. The zero-order valence-corrected chi connectivity index (χ0v) is 15.8. The minimum Gasteiger partial charge on any atom is -0.371 e. The molecule has 2 heterocycles. The van der Waals surface area contributed by atoms with E-state index in [2.05, 4.69) is 22.3 Å². The van der Waals surface area contributed by atoms with Crippen LogP contribution >= 0.6 is 0 Å². The Bertz CT molecular complexity index is 866. The number of hydrogen-bond donors (Lipinski definition) is 1. The summed E-state index contributed by atoms with van der Waals surface area (Å²) in [6.07, 6.45) is 4.02. The SMILES string of the molecule is O=Cc1ccc(N2CCC(c3ccc([C@@H]4CCC(=O)NC4=O)cc3)CC2)cc1. The lowest BCUT2D eigenvalue weighted by molar-refractivity contribution is -0.134. The van der Waals surface area contributed by atoms with Crippen LogP contribution in [0.15, 0.2) is 48.5 Å². The lowest BCUT2D eigenvalue weighted by atomic mass is 9.86. The summed E-state index contributed by atoms with van der Waals surface area (Å²) in [6.45, 7) is 1.97. The molecule has 2 aliphatic heterocycles. The van der Waals surface area contributed by atoms with Crippen LogP contribution in [0.2, 0.25) is 0 Å². The van der Waals surface area contributed by atoms with Gasteiger partial charge < -0.3 is 4.90 Å². The molecule has 2 aromatic rings. The molecule has 1 atom stereocenters. The fourth-order valence-electron chi connectivity index (χ4n) is 4.25. The molecule has 1 N–H and O–H groups in total. The molecule has 4 rings (SSSR count). The number of amides is 2. The highest BCUT2D eigenvalue weighted by molar-refractivity contribution is 6.00. The number of nitrogens with zero attached hydrogens (tertiary/aromatic N) is 1. The van der Waals surface area contributed by atoms with Gasteiger partial charge in [0.15, 0.2) is 0 Å². The van der Waals surface area contributed by atoms with Crippen molar-refractivity contribution in [3.63, 3.8) is 0 Å². The number of aldehydes is 1. The van der Waals surface area contributed by atoms with E-state index in [9.17, 15) is 14.4 Å². The molecule has 0 unspecified atom stereocenters. The predicted molar refractivity (Wildman–Crippen MR) is 108 cm³/mol. The van der Waals surface area contributed by atoms with Gasteiger partial charge in [-0.05, 0) is 60.6 Å². The summed E-state index contributed by atoms with van der Waals surface area (Å²) < 4.78 is 0. The minimum absolute atomic E-state index is 0.176. The van der Waals surface area contributed by atoms with Crippen LogP contribution in [0.3, 0.4) is 0 Å².